The van der Waals surface area contributed by atoms with Gasteiger partial charge in [0.2, 0.25) is 11.8 Å². The summed E-state index contributed by atoms with van der Waals surface area (Å²) in [4.78, 5) is 29.6. The number of rotatable bonds is 6. The van der Waals surface area contributed by atoms with Crippen molar-refractivity contribution in [3.63, 3.8) is 0 Å². The lowest BCUT2D eigenvalue weighted by Crippen LogP contribution is -2.51. The molecule has 0 aliphatic carbocycles. The molecule has 2 aromatic carbocycles. The molecule has 1 unspecified atom stereocenters. The number of amides is 2. The van der Waals surface area contributed by atoms with E-state index >= 15 is 0 Å². The third-order valence-electron chi connectivity index (χ3n) is 6.20. The van der Waals surface area contributed by atoms with Crippen LogP contribution in [0.25, 0.3) is 5.76 Å². The van der Waals surface area contributed by atoms with Crippen molar-refractivity contribution in [3.05, 3.63) is 70.8 Å². The second-order valence-corrected chi connectivity index (χ2v) is 8.75. The van der Waals surface area contributed by atoms with Crippen LogP contribution in [0.1, 0.15) is 48.8 Å². The molecule has 9 heteroatoms. The molecule has 0 radical (unpaired) electrons. The first kappa shape index (κ1) is 24.4. The van der Waals surface area contributed by atoms with Crippen LogP contribution < -0.4 is 16.0 Å². The maximum absolute atomic E-state index is 14.8. The van der Waals surface area contributed by atoms with E-state index in [1.165, 1.54) is 12.1 Å². The second kappa shape index (κ2) is 10.2. The summed E-state index contributed by atoms with van der Waals surface area (Å²) in [6, 6.07) is 10.1. The molecule has 0 bridgehead atoms. The number of aryl methyl sites for hydroxylation is 1. The number of hydrogen-bond donors (Lipinski definition) is 2. The maximum Gasteiger partial charge on any atom is 0.287 e. The number of piperidine rings is 1. The van der Waals surface area contributed by atoms with E-state index in [0.29, 0.717) is 24.5 Å². The van der Waals surface area contributed by atoms with Gasteiger partial charge < -0.3 is 15.4 Å². The van der Waals surface area contributed by atoms with Crippen LogP contribution >= 0.6 is 0 Å². The van der Waals surface area contributed by atoms with Gasteiger partial charge in [-0.2, -0.15) is 0 Å². The predicted molar refractivity (Wildman–Crippen MR) is 130 cm³/mol. The fourth-order valence-corrected chi connectivity index (χ4v) is 4.36. The summed E-state index contributed by atoms with van der Waals surface area (Å²) in [6.07, 6.45) is 2.83. The molecule has 7 nitrogen and oxygen atoms in total. The van der Waals surface area contributed by atoms with Gasteiger partial charge in [-0.05, 0) is 43.5 Å². The smallest absolute Gasteiger partial charge is 0.287 e. The standard InChI is InChI=1S/C26H28F2N4O3/c1-3-6-22(18-8-5-4-7-15(18)2)35-26(29)30-16-13-32(14-16)17-11-20(27)24(21(28)12-17)19-9-10-23(33)31-25(19)34/h4-8,11-12,16,19H,3,9-10,13-14H2,1-2H3,(H2,29,30)(H,31,33,34)/b22-6+. The van der Waals surface area contributed by atoms with E-state index in [4.69, 9.17) is 10.5 Å². The number of imide groups is 1. The van der Waals surface area contributed by atoms with Crippen molar-refractivity contribution < 1.29 is 23.1 Å². The Kier molecular flexibility index (Phi) is 7.14. The van der Waals surface area contributed by atoms with E-state index in [9.17, 15) is 18.4 Å². The van der Waals surface area contributed by atoms with Gasteiger partial charge in [0.15, 0.2) is 0 Å². The van der Waals surface area contributed by atoms with Gasteiger partial charge in [0.25, 0.3) is 6.02 Å². The zero-order valence-electron chi connectivity index (χ0n) is 19.7. The first-order valence-corrected chi connectivity index (χ1v) is 11.6. The van der Waals surface area contributed by atoms with E-state index in [0.717, 1.165) is 17.5 Å². The molecule has 1 atom stereocenters. The number of benzene rings is 2. The number of ether oxygens (including phenoxy) is 1. The fraction of sp³-hybridized carbons (Fsp3) is 0.346. The summed E-state index contributed by atoms with van der Waals surface area (Å²) in [5.41, 5.74) is 8.08. The van der Waals surface area contributed by atoms with Crippen LogP contribution in [0, 0.1) is 18.6 Å². The Hall–Kier alpha value is -3.75. The molecule has 184 valence electrons. The summed E-state index contributed by atoms with van der Waals surface area (Å²) in [6.45, 7) is 4.82. The number of hydrogen-bond acceptors (Lipinski definition) is 5. The molecule has 4 rings (SSSR count). The molecular weight excluding hydrogens is 454 g/mol. The molecule has 2 aliphatic heterocycles. The van der Waals surface area contributed by atoms with Crippen LogP contribution in [0.2, 0.25) is 0 Å². The summed E-state index contributed by atoms with van der Waals surface area (Å²) in [7, 11) is 0. The second-order valence-electron chi connectivity index (χ2n) is 8.75. The molecule has 2 aromatic rings. The maximum atomic E-state index is 14.8. The molecule has 2 aliphatic rings. The third kappa shape index (κ3) is 5.34. The average molecular weight is 483 g/mol. The zero-order chi connectivity index (χ0) is 25.1. The SMILES string of the molecule is CC/C=C(/OC(N)=NC1CN(c2cc(F)c(C3CCC(=O)NC3=O)c(F)c2)C1)c1ccccc1C. The number of amidine groups is 1. The van der Waals surface area contributed by atoms with Crippen LogP contribution in [-0.2, 0) is 14.3 Å². The van der Waals surface area contributed by atoms with Crippen LogP contribution in [0.3, 0.4) is 0 Å². The van der Waals surface area contributed by atoms with Gasteiger partial charge in [0.1, 0.15) is 17.4 Å². The van der Waals surface area contributed by atoms with Crippen molar-refractivity contribution in [2.45, 2.75) is 45.1 Å². The Bertz CT molecular complexity index is 1180. The van der Waals surface area contributed by atoms with Gasteiger partial charge in [0.05, 0.1) is 12.0 Å². The third-order valence-corrected chi connectivity index (χ3v) is 6.20. The normalized spacial score (nSPS) is 19.4. The van der Waals surface area contributed by atoms with Crippen molar-refractivity contribution in [1.29, 1.82) is 0 Å². The van der Waals surface area contributed by atoms with Gasteiger partial charge in [-0.3, -0.25) is 14.9 Å². The Morgan fingerprint density at radius 2 is 1.91 bits per heavy atom. The molecule has 0 aromatic heterocycles. The highest BCUT2D eigenvalue weighted by Gasteiger charge is 2.34. The minimum atomic E-state index is -1.02. The number of anilines is 1. The Morgan fingerprint density at radius 3 is 2.54 bits per heavy atom. The number of carbonyl (C=O) groups is 2. The zero-order valence-corrected chi connectivity index (χ0v) is 19.7. The number of carbonyl (C=O) groups excluding carboxylic acids is 2. The van der Waals surface area contributed by atoms with Crippen molar-refractivity contribution in [1.82, 2.24) is 5.32 Å². The molecule has 2 heterocycles. The van der Waals surface area contributed by atoms with E-state index in [2.05, 4.69) is 10.3 Å². The highest BCUT2D eigenvalue weighted by atomic mass is 19.1. The number of halogens is 2. The van der Waals surface area contributed by atoms with E-state index in [1.54, 1.807) is 4.90 Å². The quantitative estimate of drug-likeness (QED) is 0.283. The molecule has 3 N–H and O–H groups in total. The number of nitrogens with zero attached hydrogens (tertiary/aromatic N) is 2. The first-order valence-electron chi connectivity index (χ1n) is 11.6. The lowest BCUT2D eigenvalue weighted by molar-refractivity contribution is -0.134. The van der Waals surface area contributed by atoms with Gasteiger partial charge in [-0.1, -0.05) is 31.2 Å². The van der Waals surface area contributed by atoms with E-state index in [1.807, 2.05) is 44.2 Å². The van der Waals surface area contributed by atoms with Crippen molar-refractivity contribution in [2.24, 2.45) is 10.7 Å². The van der Waals surface area contributed by atoms with Gasteiger partial charge in [-0.25, -0.2) is 13.8 Å². The average Bonchev–Trinajstić information content (AvgIpc) is 2.77. The van der Waals surface area contributed by atoms with Crippen molar-refractivity contribution >= 4 is 29.3 Å². The molecule has 2 amide bonds. The molecule has 0 spiro atoms. The molecule has 35 heavy (non-hydrogen) atoms. The van der Waals surface area contributed by atoms with Crippen LogP contribution in [0.15, 0.2) is 47.5 Å². The van der Waals surface area contributed by atoms with Crippen molar-refractivity contribution in [3.8, 4) is 0 Å². The predicted octanol–water partition coefficient (Wildman–Crippen LogP) is 3.76. The molecule has 2 saturated heterocycles. The van der Waals surface area contributed by atoms with E-state index in [-0.39, 0.29) is 30.5 Å². The monoisotopic (exact) mass is 482 g/mol. The van der Waals surface area contributed by atoms with Crippen molar-refractivity contribution in [2.75, 3.05) is 18.0 Å². The number of nitrogens with two attached hydrogens (primary N) is 1. The summed E-state index contributed by atoms with van der Waals surface area (Å²) in [5.74, 6) is -3.12. The largest absolute Gasteiger partial charge is 0.426 e. The minimum Gasteiger partial charge on any atom is -0.426 e. The lowest BCUT2D eigenvalue weighted by atomic mass is 9.89. The number of nitrogens with one attached hydrogen (secondary N) is 1. The Balaban J connectivity index is 1.41. The summed E-state index contributed by atoms with van der Waals surface area (Å²) in [5, 5.41) is 2.14. The van der Waals surface area contributed by atoms with Gasteiger partial charge in [-0.15, -0.1) is 0 Å². The van der Waals surface area contributed by atoms with Crippen LogP contribution in [0.5, 0.6) is 0 Å². The Labute approximate surface area is 202 Å². The van der Waals surface area contributed by atoms with E-state index < -0.39 is 29.4 Å². The lowest BCUT2D eigenvalue weighted by Gasteiger charge is -2.39. The van der Waals surface area contributed by atoms with Crippen LogP contribution in [0.4, 0.5) is 14.5 Å². The fourth-order valence-electron chi connectivity index (χ4n) is 4.36. The highest BCUT2D eigenvalue weighted by molar-refractivity contribution is 6.01. The molecule has 0 saturated carbocycles. The first-order chi connectivity index (χ1) is 16.8. The number of allylic oxidation sites excluding steroid dienone is 1. The van der Waals surface area contributed by atoms with Gasteiger partial charge >= 0.3 is 0 Å². The Morgan fingerprint density at radius 1 is 1.23 bits per heavy atom. The summed E-state index contributed by atoms with van der Waals surface area (Å²) < 4.78 is 35.4. The number of aliphatic imine (C=N–C) groups is 1. The molecule has 2 fully saturated rings. The highest BCUT2D eigenvalue weighted by Crippen LogP contribution is 2.33. The topological polar surface area (TPSA) is 97.0 Å². The minimum absolute atomic E-state index is 0.0307. The summed E-state index contributed by atoms with van der Waals surface area (Å²) >= 11 is 0. The van der Waals surface area contributed by atoms with Crippen LogP contribution in [-0.4, -0.2) is 37.0 Å². The molecular formula is C26H28F2N4O3. The van der Waals surface area contributed by atoms with Gasteiger partial charge in [0, 0.05) is 36.3 Å².